The standard InChI is InChI=1S/C29H28F3N5O2/c1-36-12-14-37(15-13-36)18-20-9-8-19(16-24(20)29(30,31)32)28(39)34-22-5-2-4-21(17-22)33-27-11-10-23-25(35-27)6-3-7-26(23)38/h2-11,16-17,38H,12-15,18H2,1H3,(H,33,35)(H,34,39). The van der Waals surface area contributed by atoms with Crippen molar-refractivity contribution in [3.05, 3.63) is 89.5 Å². The number of aromatic hydroxyl groups is 1. The van der Waals surface area contributed by atoms with Crippen molar-refractivity contribution in [2.24, 2.45) is 0 Å². The second-order valence-electron chi connectivity index (χ2n) is 9.65. The third kappa shape index (κ3) is 6.30. The van der Waals surface area contributed by atoms with Gasteiger partial charge in [0.2, 0.25) is 0 Å². The Morgan fingerprint density at radius 1 is 0.949 bits per heavy atom. The molecule has 2 heterocycles. The van der Waals surface area contributed by atoms with Crippen molar-refractivity contribution in [3.63, 3.8) is 0 Å². The summed E-state index contributed by atoms with van der Waals surface area (Å²) >= 11 is 0. The SMILES string of the molecule is CN1CCN(Cc2ccc(C(=O)Nc3cccc(Nc4ccc5c(O)cccc5n4)c3)cc2C(F)(F)F)CC1. The maximum Gasteiger partial charge on any atom is 0.416 e. The van der Waals surface area contributed by atoms with Crippen molar-refractivity contribution in [1.29, 1.82) is 0 Å². The van der Waals surface area contributed by atoms with Crippen molar-refractivity contribution in [2.45, 2.75) is 12.7 Å². The molecule has 1 aliphatic rings. The number of pyridine rings is 1. The molecule has 1 amide bonds. The van der Waals surface area contributed by atoms with Gasteiger partial charge in [-0.15, -0.1) is 0 Å². The van der Waals surface area contributed by atoms with Crippen LogP contribution in [0.15, 0.2) is 72.8 Å². The van der Waals surface area contributed by atoms with Crippen LogP contribution in [-0.4, -0.2) is 59.0 Å². The predicted octanol–water partition coefficient (Wildman–Crippen LogP) is 5.70. The summed E-state index contributed by atoms with van der Waals surface area (Å²) in [6.45, 7) is 3.17. The third-order valence-electron chi connectivity index (χ3n) is 6.77. The molecule has 1 saturated heterocycles. The van der Waals surface area contributed by atoms with Gasteiger partial charge in [0.25, 0.3) is 5.91 Å². The number of hydrogen-bond donors (Lipinski definition) is 3. The van der Waals surface area contributed by atoms with E-state index >= 15 is 0 Å². The molecule has 1 fully saturated rings. The van der Waals surface area contributed by atoms with E-state index in [0.29, 0.717) is 41.2 Å². The number of carbonyl (C=O) groups is 1. The van der Waals surface area contributed by atoms with Crippen LogP contribution in [-0.2, 0) is 12.7 Å². The molecule has 0 atom stereocenters. The Balaban J connectivity index is 1.31. The second kappa shape index (κ2) is 10.9. The van der Waals surface area contributed by atoms with Gasteiger partial charge < -0.3 is 20.6 Å². The molecule has 4 aromatic rings. The fraction of sp³-hybridized carbons (Fsp3) is 0.241. The Hall–Kier alpha value is -4.15. The highest BCUT2D eigenvalue weighted by molar-refractivity contribution is 6.04. The molecule has 0 aliphatic carbocycles. The third-order valence-corrected chi connectivity index (χ3v) is 6.77. The number of nitrogens with one attached hydrogen (secondary N) is 2. The Labute approximate surface area is 223 Å². The normalized spacial score (nSPS) is 14.9. The molecule has 0 spiro atoms. The smallest absolute Gasteiger partial charge is 0.416 e. The van der Waals surface area contributed by atoms with E-state index < -0.39 is 17.6 Å². The number of anilines is 3. The number of carbonyl (C=O) groups excluding carboxylic acids is 1. The van der Waals surface area contributed by atoms with E-state index in [9.17, 15) is 23.1 Å². The molecule has 0 saturated carbocycles. The predicted molar refractivity (Wildman–Crippen MR) is 145 cm³/mol. The van der Waals surface area contributed by atoms with Crippen molar-refractivity contribution in [3.8, 4) is 5.75 Å². The van der Waals surface area contributed by atoms with Crippen LogP contribution in [0.3, 0.4) is 0 Å². The molecule has 3 N–H and O–H groups in total. The van der Waals surface area contributed by atoms with E-state index in [-0.39, 0.29) is 23.4 Å². The van der Waals surface area contributed by atoms with Gasteiger partial charge in [-0.05, 0) is 67.2 Å². The molecule has 1 aliphatic heterocycles. The molecule has 0 bridgehead atoms. The van der Waals surface area contributed by atoms with Crippen molar-refractivity contribution in [1.82, 2.24) is 14.8 Å². The summed E-state index contributed by atoms with van der Waals surface area (Å²) in [7, 11) is 1.99. The average Bonchev–Trinajstić information content (AvgIpc) is 2.90. The molecule has 10 heteroatoms. The Morgan fingerprint density at radius 2 is 1.69 bits per heavy atom. The number of piperazine rings is 1. The molecular weight excluding hydrogens is 507 g/mol. The Kier molecular flexibility index (Phi) is 7.40. The van der Waals surface area contributed by atoms with Gasteiger partial charge in [0, 0.05) is 55.0 Å². The van der Waals surface area contributed by atoms with Crippen molar-refractivity contribution >= 4 is 34.0 Å². The molecule has 1 aromatic heterocycles. The van der Waals surface area contributed by atoms with Gasteiger partial charge in [0.1, 0.15) is 11.6 Å². The lowest BCUT2D eigenvalue weighted by molar-refractivity contribution is -0.138. The van der Waals surface area contributed by atoms with E-state index in [1.165, 1.54) is 12.1 Å². The van der Waals surface area contributed by atoms with E-state index in [4.69, 9.17) is 0 Å². The maximum absolute atomic E-state index is 13.9. The molecular formula is C29H28F3N5O2. The Morgan fingerprint density at radius 3 is 2.46 bits per heavy atom. The maximum atomic E-state index is 13.9. The van der Waals surface area contributed by atoms with Crippen LogP contribution >= 0.6 is 0 Å². The number of nitrogens with zero attached hydrogens (tertiary/aromatic N) is 3. The number of phenolic OH excluding ortho intramolecular Hbond substituents is 1. The van der Waals surface area contributed by atoms with Gasteiger partial charge in [0.15, 0.2) is 0 Å². The second-order valence-corrected chi connectivity index (χ2v) is 9.65. The number of alkyl halides is 3. The van der Waals surface area contributed by atoms with Gasteiger partial charge in [-0.1, -0.05) is 18.2 Å². The highest BCUT2D eigenvalue weighted by atomic mass is 19.4. The van der Waals surface area contributed by atoms with Crippen molar-refractivity contribution in [2.75, 3.05) is 43.9 Å². The molecule has 5 rings (SSSR count). The van der Waals surface area contributed by atoms with E-state index in [1.54, 1.807) is 54.6 Å². The molecule has 3 aromatic carbocycles. The number of halogens is 3. The fourth-order valence-electron chi connectivity index (χ4n) is 4.60. The first kappa shape index (κ1) is 26.5. The van der Waals surface area contributed by atoms with Crippen LogP contribution in [0, 0.1) is 0 Å². The van der Waals surface area contributed by atoms with Crippen molar-refractivity contribution < 1.29 is 23.1 Å². The van der Waals surface area contributed by atoms with E-state index in [0.717, 1.165) is 19.2 Å². The largest absolute Gasteiger partial charge is 0.507 e. The van der Waals surface area contributed by atoms with E-state index in [2.05, 4.69) is 20.5 Å². The molecule has 202 valence electrons. The summed E-state index contributed by atoms with van der Waals surface area (Å²) in [5, 5.41) is 16.4. The minimum Gasteiger partial charge on any atom is -0.507 e. The van der Waals surface area contributed by atoms with Crippen LogP contribution < -0.4 is 10.6 Å². The monoisotopic (exact) mass is 535 g/mol. The van der Waals surface area contributed by atoms with Gasteiger partial charge >= 0.3 is 6.18 Å². The minimum atomic E-state index is -4.58. The zero-order valence-corrected chi connectivity index (χ0v) is 21.3. The highest BCUT2D eigenvalue weighted by Crippen LogP contribution is 2.34. The molecule has 0 unspecified atom stereocenters. The fourth-order valence-corrected chi connectivity index (χ4v) is 4.60. The van der Waals surface area contributed by atoms with Crippen LogP contribution in [0.2, 0.25) is 0 Å². The number of phenols is 1. The molecule has 39 heavy (non-hydrogen) atoms. The lowest BCUT2D eigenvalue weighted by Gasteiger charge is -2.33. The topological polar surface area (TPSA) is 80.7 Å². The van der Waals surface area contributed by atoms with Gasteiger partial charge in [-0.3, -0.25) is 9.69 Å². The van der Waals surface area contributed by atoms with Gasteiger partial charge in [-0.25, -0.2) is 4.98 Å². The number of likely N-dealkylation sites (N-methyl/N-ethyl adjacent to an activating group) is 1. The summed E-state index contributed by atoms with van der Waals surface area (Å²) < 4.78 is 41.8. The van der Waals surface area contributed by atoms with Crippen LogP contribution in [0.5, 0.6) is 5.75 Å². The van der Waals surface area contributed by atoms with Crippen LogP contribution in [0.1, 0.15) is 21.5 Å². The minimum absolute atomic E-state index is 0.0705. The number of rotatable bonds is 6. The summed E-state index contributed by atoms with van der Waals surface area (Å²) in [6, 6.07) is 19.1. The summed E-state index contributed by atoms with van der Waals surface area (Å²) in [6.07, 6.45) is -4.58. The first-order valence-electron chi connectivity index (χ1n) is 12.5. The summed E-state index contributed by atoms with van der Waals surface area (Å²) in [4.78, 5) is 21.6. The number of benzene rings is 3. The summed E-state index contributed by atoms with van der Waals surface area (Å²) in [5.74, 6) is 0.0303. The number of aromatic nitrogens is 1. The van der Waals surface area contributed by atoms with Gasteiger partial charge in [-0.2, -0.15) is 13.2 Å². The number of hydrogen-bond acceptors (Lipinski definition) is 6. The zero-order valence-electron chi connectivity index (χ0n) is 21.3. The van der Waals surface area contributed by atoms with Crippen LogP contribution in [0.4, 0.5) is 30.4 Å². The quantitative estimate of drug-likeness (QED) is 0.294. The average molecular weight is 536 g/mol. The van der Waals surface area contributed by atoms with Crippen LogP contribution in [0.25, 0.3) is 10.9 Å². The summed E-state index contributed by atoms with van der Waals surface area (Å²) in [5.41, 5.74) is 0.945. The Bertz CT molecular complexity index is 1500. The molecule has 7 nitrogen and oxygen atoms in total. The number of amides is 1. The number of fused-ring (bicyclic) bond motifs is 1. The van der Waals surface area contributed by atoms with E-state index in [1.807, 2.05) is 11.9 Å². The van der Waals surface area contributed by atoms with Gasteiger partial charge in [0.05, 0.1) is 11.1 Å². The molecule has 0 radical (unpaired) electrons. The first-order valence-corrected chi connectivity index (χ1v) is 12.5. The lowest BCUT2D eigenvalue weighted by atomic mass is 10.0. The zero-order chi connectivity index (χ0) is 27.6. The lowest BCUT2D eigenvalue weighted by Crippen LogP contribution is -2.44. The highest BCUT2D eigenvalue weighted by Gasteiger charge is 2.34. The first-order chi connectivity index (χ1) is 18.7.